The van der Waals surface area contributed by atoms with Crippen LogP contribution in [0.2, 0.25) is 0 Å². The second-order valence-electron chi connectivity index (χ2n) is 5.56. The van der Waals surface area contributed by atoms with Crippen molar-refractivity contribution in [3.63, 3.8) is 0 Å². The summed E-state index contributed by atoms with van der Waals surface area (Å²) in [7, 11) is 0. The molecule has 0 bridgehead atoms. The molecule has 2 aromatic rings. The van der Waals surface area contributed by atoms with Crippen molar-refractivity contribution in [1.82, 2.24) is 10.3 Å². The standard InChI is InChI=1S/C17H22N2OS/c1-3-13-4-8-15(9-5-13)20-11-17-19-12(2)16(21-17)10-18-14-6-7-14/h4-5,8-9,14,18H,3,6-7,10-11H2,1-2H3. The summed E-state index contributed by atoms with van der Waals surface area (Å²) >= 11 is 1.76. The van der Waals surface area contributed by atoms with Gasteiger partial charge in [-0.2, -0.15) is 0 Å². The number of aromatic nitrogens is 1. The SMILES string of the molecule is CCc1ccc(OCc2nc(C)c(CNC3CC3)s2)cc1. The molecule has 1 aromatic carbocycles. The molecule has 1 N–H and O–H groups in total. The van der Waals surface area contributed by atoms with Crippen LogP contribution in [-0.2, 0) is 19.6 Å². The first-order valence-corrected chi connectivity index (χ1v) is 8.46. The van der Waals surface area contributed by atoms with Crippen LogP contribution in [0.15, 0.2) is 24.3 Å². The first kappa shape index (κ1) is 14.5. The molecule has 3 nitrogen and oxygen atoms in total. The summed E-state index contributed by atoms with van der Waals surface area (Å²) in [6.07, 6.45) is 3.70. The topological polar surface area (TPSA) is 34.1 Å². The highest BCUT2D eigenvalue weighted by atomic mass is 32.1. The van der Waals surface area contributed by atoms with Crippen molar-refractivity contribution in [2.45, 2.75) is 52.3 Å². The molecule has 1 fully saturated rings. The van der Waals surface area contributed by atoms with Crippen LogP contribution in [-0.4, -0.2) is 11.0 Å². The van der Waals surface area contributed by atoms with E-state index < -0.39 is 0 Å². The van der Waals surface area contributed by atoms with Gasteiger partial charge in [0, 0.05) is 17.5 Å². The Balaban J connectivity index is 1.55. The van der Waals surface area contributed by atoms with Gasteiger partial charge in [-0.05, 0) is 43.9 Å². The van der Waals surface area contributed by atoms with Gasteiger partial charge in [0.25, 0.3) is 0 Å². The fraction of sp³-hybridized carbons (Fsp3) is 0.471. The molecule has 0 radical (unpaired) electrons. The largest absolute Gasteiger partial charge is 0.486 e. The second kappa shape index (κ2) is 6.58. The number of nitrogens with one attached hydrogen (secondary N) is 1. The minimum Gasteiger partial charge on any atom is -0.486 e. The molecular weight excluding hydrogens is 280 g/mol. The fourth-order valence-corrected chi connectivity index (χ4v) is 3.14. The number of benzene rings is 1. The molecule has 0 aliphatic heterocycles. The van der Waals surface area contributed by atoms with Gasteiger partial charge in [0.05, 0.1) is 5.69 Å². The Morgan fingerprint density at radius 2 is 2.05 bits per heavy atom. The lowest BCUT2D eigenvalue weighted by atomic mass is 10.2. The van der Waals surface area contributed by atoms with Crippen molar-refractivity contribution in [2.24, 2.45) is 0 Å². The molecule has 1 heterocycles. The first-order chi connectivity index (χ1) is 10.2. The summed E-state index contributed by atoms with van der Waals surface area (Å²) in [5.41, 5.74) is 2.47. The number of ether oxygens (including phenoxy) is 1. The van der Waals surface area contributed by atoms with E-state index in [1.807, 2.05) is 12.1 Å². The summed E-state index contributed by atoms with van der Waals surface area (Å²) in [6.45, 7) is 5.74. The third kappa shape index (κ3) is 4.05. The van der Waals surface area contributed by atoms with E-state index in [-0.39, 0.29) is 0 Å². The number of hydrogen-bond acceptors (Lipinski definition) is 4. The first-order valence-electron chi connectivity index (χ1n) is 7.65. The van der Waals surface area contributed by atoms with Crippen molar-refractivity contribution >= 4 is 11.3 Å². The van der Waals surface area contributed by atoms with Crippen molar-refractivity contribution < 1.29 is 4.74 Å². The lowest BCUT2D eigenvalue weighted by molar-refractivity contribution is 0.305. The third-order valence-corrected chi connectivity index (χ3v) is 4.89. The summed E-state index contributed by atoms with van der Waals surface area (Å²) in [5.74, 6) is 0.915. The summed E-state index contributed by atoms with van der Waals surface area (Å²) in [5, 5.41) is 4.60. The molecule has 1 aromatic heterocycles. The van der Waals surface area contributed by atoms with Gasteiger partial charge >= 0.3 is 0 Å². The molecule has 4 heteroatoms. The maximum Gasteiger partial charge on any atom is 0.140 e. The molecule has 112 valence electrons. The van der Waals surface area contributed by atoms with Crippen LogP contribution < -0.4 is 10.1 Å². The molecule has 1 aliphatic rings. The zero-order chi connectivity index (χ0) is 14.7. The number of rotatable bonds is 7. The van der Waals surface area contributed by atoms with E-state index in [4.69, 9.17) is 4.74 Å². The van der Waals surface area contributed by atoms with E-state index in [1.165, 1.54) is 23.3 Å². The van der Waals surface area contributed by atoms with Gasteiger partial charge in [0.2, 0.25) is 0 Å². The van der Waals surface area contributed by atoms with E-state index >= 15 is 0 Å². The van der Waals surface area contributed by atoms with Crippen LogP contribution in [0.25, 0.3) is 0 Å². The van der Waals surface area contributed by atoms with Crippen LogP contribution in [0.5, 0.6) is 5.75 Å². The summed E-state index contributed by atoms with van der Waals surface area (Å²) < 4.78 is 5.83. The Labute approximate surface area is 130 Å². The van der Waals surface area contributed by atoms with Crippen LogP contribution >= 0.6 is 11.3 Å². The highest BCUT2D eigenvalue weighted by molar-refractivity contribution is 7.11. The van der Waals surface area contributed by atoms with Crippen molar-refractivity contribution in [3.05, 3.63) is 45.4 Å². The van der Waals surface area contributed by atoms with E-state index in [2.05, 4.69) is 36.3 Å². The number of hydrogen-bond donors (Lipinski definition) is 1. The monoisotopic (exact) mass is 302 g/mol. The Bertz CT molecular complexity index is 587. The normalized spacial score (nSPS) is 14.4. The minimum atomic E-state index is 0.556. The van der Waals surface area contributed by atoms with Crippen LogP contribution in [0.1, 0.15) is 40.9 Å². The van der Waals surface area contributed by atoms with Gasteiger partial charge in [-0.1, -0.05) is 19.1 Å². The van der Waals surface area contributed by atoms with Crippen molar-refractivity contribution in [1.29, 1.82) is 0 Å². The average molecular weight is 302 g/mol. The van der Waals surface area contributed by atoms with Crippen molar-refractivity contribution in [2.75, 3.05) is 0 Å². The molecule has 0 spiro atoms. The Morgan fingerprint density at radius 3 is 2.71 bits per heavy atom. The highest BCUT2D eigenvalue weighted by Crippen LogP contribution is 2.23. The van der Waals surface area contributed by atoms with E-state index in [0.29, 0.717) is 6.61 Å². The average Bonchev–Trinajstić information content (AvgIpc) is 3.27. The van der Waals surface area contributed by atoms with Gasteiger partial charge in [-0.25, -0.2) is 4.98 Å². The number of aryl methyl sites for hydroxylation is 2. The van der Waals surface area contributed by atoms with Gasteiger partial charge in [0.1, 0.15) is 17.4 Å². The Kier molecular flexibility index (Phi) is 4.56. The summed E-state index contributed by atoms with van der Waals surface area (Å²) in [6, 6.07) is 9.05. The molecular formula is C17H22N2OS. The van der Waals surface area contributed by atoms with Gasteiger partial charge in [-0.15, -0.1) is 11.3 Å². The van der Waals surface area contributed by atoms with Gasteiger partial charge < -0.3 is 10.1 Å². The van der Waals surface area contributed by atoms with Crippen molar-refractivity contribution in [3.8, 4) is 5.75 Å². The predicted octanol–water partition coefficient (Wildman–Crippen LogP) is 3.84. The predicted molar refractivity (Wildman–Crippen MR) is 86.9 cm³/mol. The molecule has 3 rings (SSSR count). The second-order valence-corrected chi connectivity index (χ2v) is 6.73. The van der Waals surface area contributed by atoms with Crippen LogP contribution in [0.3, 0.4) is 0 Å². The number of nitrogens with zero attached hydrogens (tertiary/aromatic N) is 1. The van der Waals surface area contributed by atoms with Gasteiger partial charge in [0.15, 0.2) is 0 Å². The smallest absolute Gasteiger partial charge is 0.140 e. The van der Waals surface area contributed by atoms with Crippen LogP contribution in [0.4, 0.5) is 0 Å². The fourth-order valence-electron chi connectivity index (χ4n) is 2.20. The molecule has 0 amide bonds. The highest BCUT2D eigenvalue weighted by Gasteiger charge is 2.21. The van der Waals surface area contributed by atoms with Crippen LogP contribution in [0, 0.1) is 6.92 Å². The van der Waals surface area contributed by atoms with E-state index in [1.54, 1.807) is 11.3 Å². The third-order valence-electron chi connectivity index (χ3n) is 3.76. The molecule has 0 saturated heterocycles. The maximum absolute atomic E-state index is 5.83. The Hall–Kier alpha value is -1.39. The lowest BCUT2D eigenvalue weighted by Crippen LogP contribution is -2.14. The quantitative estimate of drug-likeness (QED) is 0.843. The zero-order valence-electron chi connectivity index (χ0n) is 12.7. The molecule has 0 unspecified atom stereocenters. The lowest BCUT2D eigenvalue weighted by Gasteiger charge is -2.04. The Morgan fingerprint density at radius 1 is 1.29 bits per heavy atom. The van der Waals surface area contributed by atoms with E-state index in [0.717, 1.165) is 35.5 Å². The van der Waals surface area contributed by atoms with Gasteiger partial charge in [-0.3, -0.25) is 0 Å². The maximum atomic E-state index is 5.83. The number of thiazole rings is 1. The summed E-state index contributed by atoms with van der Waals surface area (Å²) in [4.78, 5) is 5.95. The molecule has 1 saturated carbocycles. The molecule has 0 atom stereocenters. The molecule has 1 aliphatic carbocycles. The van der Waals surface area contributed by atoms with E-state index in [9.17, 15) is 0 Å². The minimum absolute atomic E-state index is 0.556. The zero-order valence-corrected chi connectivity index (χ0v) is 13.5. The molecule has 21 heavy (non-hydrogen) atoms.